The average molecular weight is 428 g/mol. The first-order chi connectivity index (χ1) is 14.5. The van der Waals surface area contributed by atoms with Gasteiger partial charge in [0.25, 0.3) is 10.0 Å². The van der Waals surface area contributed by atoms with Crippen LogP contribution < -0.4 is 14.2 Å². The second-order valence-electron chi connectivity index (χ2n) is 9.20. The molecule has 0 unspecified atom stereocenters. The third kappa shape index (κ3) is 3.45. The summed E-state index contributed by atoms with van der Waals surface area (Å²) in [5.41, 5.74) is 1.95. The third-order valence-corrected chi connectivity index (χ3v) is 8.82. The summed E-state index contributed by atoms with van der Waals surface area (Å²) in [6.45, 7) is 0. The molecule has 0 amide bonds. The van der Waals surface area contributed by atoms with Crippen LogP contribution in [0.1, 0.15) is 43.6 Å². The molecule has 6 heteroatoms. The summed E-state index contributed by atoms with van der Waals surface area (Å²) in [6, 6.07) is 12.6. The minimum Gasteiger partial charge on any atom is -0.493 e. The minimum absolute atomic E-state index is 0.144. The number of sulfonamides is 1. The molecule has 6 rings (SSSR count). The molecular formula is C24H29NO4S. The first-order valence-electron chi connectivity index (χ1n) is 10.8. The van der Waals surface area contributed by atoms with Crippen LogP contribution >= 0.6 is 0 Å². The Labute approximate surface area is 178 Å². The Kier molecular flexibility index (Phi) is 4.92. The molecule has 0 heterocycles. The molecule has 0 aliphatic heterocycles. The zero-order valence-electron chi connectivity index (χ0n) is 17.5. The van der Waals surface area contributed by atoms with Crippen molar-refractivity contribution in [3.05, 3.63) is 48.0 Å². The van der Waals surface area contributed by atoms with E-state index in [2.05, 4.69) is 16.9 Å². The zero-order chi connectivity index (χ0) is 20.9. The SMILES string of the molecule is COc1ccc(S(=O)(=O)Nc2ccc(C3C4CC5CC(C4)CC3C5)cc2)cc1OC. The van der Waals surface area contributed by atoms with Crippen LogP contribution in [0.15, 0.2) is 47.4 Å². The molecular weight excluding hydrogens is 398 g/mol. The van der Waals surface area contributed by atoms with E-state index in [0.717, 1.165) is 23.7 Å². The first kappa shape index (κ1) is 19.7. The highest BCUT2D eigenvalue weighted by atomic mass is 32.2. The predicted octanol–water partition coefficient (Wildman–Crippen LogP) is 5.04. The second kappa shape index (κ2) is 7.49. The summed E-state index contributed by atoms with van der Waals surface area (Å²) in [5, 5.41) is 0. The molecule has 5 nitrogen and oxygen atoms in total. The fraction of sp³-hybridized carbons (Fsp3) is 0.500. The van der Waals surface area contributed by atoms with E-state index < -0.39 is 10.0 Å². The summed E-state index contributed by atoms with van der Waals surface area (Å²) in [4.78, 5) is 0.144. The number of nitrogens with one attached hydrogen (secondary N) is 1. The van der Waals surface area contributed by atoms with Crippen molar-refractivity contribution in [3.63, 3.8) is 0 Å². The van der Waals surface area contributed by atoms with Gasteiger partial charge in [0.2, 0.25) is 0 Å². The maximum Gasteiger partial charge on any atom is 0.262 e. The van der Waals surface area contributed by atoms with Crippen LogP contribution in [0.5, 0.6) is 11.5 Å². The van der Waals surface area contributed by atoms with E-state index in [1.54, 1.807) is 6.07 Å². The Hall–Kier alpha value is -2.21. The van der Waals surface area contributed by atoms with Gasteiger partial charge in [-0.05, 0) is 91.5 Å². The van der Waals surface area contributed by atoms with Gasteiger partial charge < -0.3 is 9.47 Å². The van der Waals surface area contributed by atoms with Crippen LogP contribution in [0, 0.1) is 23.7 Å². The second-order valence-corrected chi connectivity index (χ2v) is 10.9. The van der Waals surface area contributed by atoms with Crippen molar-refractivity contribution in [1.29, 1.82) is 0 Å². The summed E-state index contributed by atoms with van der Waals surface area (Å²) in [7, 11) is -0.697. The maximum absolute atomic E-state index is 12.8. The molecule has 0 aromatic heterocycles. The minimum atomic E-state index is -3.71. The molecule has 4 aliphatic rings. The predicted molar refractivity (Wildman–Crippen MR) is 117 cm³/mol. The Morgan fingerprint density at radius 3 is 1.97 bits per heavy atom. The molecule has 0 spiro atoms. The molecule has 0 saturated heterocycles. The monoisotopic (exact) mass is 427 g/mol. The summed E-state index contributed by atoms with van der Waals surface area (Å²) in [6.07, 6.45) is 6.98. The maximum atomic E-state index is 12.8. The van der Waals surface area contributed by atoms with E-state index >= 15 is 0 Å². The van der Waals surface area contributed by atoms with Crippen molar-refractivity contribution < 1.29 is 17.9 Å². The zero-order valence-corrected chi connectivity index (χ0v) is 18.3. The number of rotatable bonds is 6. The normalized spacial score (nSPS) is 29.6. The van der Waals surface area contributed by atoms with Crippen LogP contribution in [0.4, 0.5) is 5.69 Å². The van der Waals surface area contributed by atoms with Crippen LogP contribution in [0.25, 0.3) is 0 Å². The van der Waals surface area contributed by atoms with Gasteiger partial charge in [0, 0.05) is 11.8 Å². The Morgan fingerprint density at radius 1 is 0.800 bits per heavy atom. The standard InChI is InChI=1S/C24H29NO4S/c1-28-22-8-7-21(14-23(22)29-2)30(26,27)25-20-5-3-17(4-6-20)24-18-10-15-9-16(12-18)13-19(24)11-15/h3-8,14-16,18-19,24-25H,9-13H2,1-2H3. The lowest BCUT2D eigenvalue weighted by molar-refractivity contribution is -0.00277. The van der Waals surface area contributed by atoms with Crippen LogP contribution in [0.2, 0.25) is 0 Å². The number of benzene rings is 2. The Bertz CT molecular complexity index is 1000. The molecule has 4 aliphatic carbocycles. The average Bonchev–Trinajstić information content (AvgIpc) is 2.73. The van der Waals surface area contributed by atoms with Gasteiger partial charge in [-0.1, -0.05) is 12.1 Å². The smallest absolute Gasteiger partial charge is 0.262 e. The lowest BCUT2D eigenvalue weighted by atomic mass is 9.51. The van der Waals surface area contributed by atoms with Gasteiger partial charge in [0.05, 0.1) is 19.1 Å². The molecule has 2 aromatic carbocycles. The molecule has 1 N–H and O–H groups in total. The van der Waals surface area contributed by atoms with E-state index in [1.807, 2.05) is 12.1 Å². The van der Waals surface area contributed by atoms with E-state index in [4.69, 9.17) is 9.47 Å². The van der Waals surface area contributed by atoms with Crippen molar-refractivity contribution in [2.75, 3.05) is 18.9 Å². The Morgan fingerprint density at radius 2 is 1.40 bits per heavy atom. The van der Waals surface area contributed by atoms with Gasteiger partial charge in [0.1, 0.15) is 0 Å². The van der Waals surface area contributed by atoms with Crippen molar-refractivity contribution in [3.8, 4) is 11.5 Å². The Balaban J connectivity index is 1.34. The molecule has 0 atom stereocenters. The topological polar surface area (TPSA) is 64.6 Å². The fourth-order valence-electron chi connectivity index (χ4n) is 6.44. The summed E-state index contributed by atoms with van der Waals surface area (Å²) in [5.74, 6) is 5.07. The number of hydrogen-bond acceptors (Lipinski definition) is 4. The highest BCUT2D eigenvalue weighted by Gasteiger charge is 2.48. The van der Waals surface area contributed by atoms with E-state index in [1.165, 1.54) is 64.0 Å². The molecule has 4 fully saturated rings. The molecule has 4 bridgehead atoms. The van der Waals surface area contributed by atoms with Gasteiger partial charge in [-0.3, -0.25) is 4.72 Å². The highest BCUT2D eigenvalue weighted by molar-refractivity contribution is 7.92. The van der Waals surface area contributed by atoms with Crippen molar-refractivity contribution >= 4 is 15.7 Å². The number of methoxy groups -OCH3 is 2. The lowest BCUT2D eigenvalue weighted by Crippen LogP contribution is -2.43. The quantitative estimate of drug-likeness (QED) is 0.701. The van der Waals surface area contributed by atoms with Gasteiger partial charge in [-0.15, -0.1) is 0 Å². The fourth-order valence-corrected chi connectivity index (χ4v) is 7.51. The van der Waals surface area contributed by atoms with Gasteiger partial charge in [-0.25, -0.2) is 8.42 Å². The molecule has 0 radical (unpaired) electrons. The lowest BCUT2D eigenvalue weighted by Gasteiger charge is -2.54. The molecule has 4 saturated carbocycles. The van der Waals surface area contributed by atoms with E-state index in [-0.39, 0.29) is 4.90 Å². The van der Waals surface area contributed by atoms with Crippen LogP contribution in [0.3, 0.4) is 0 Å². The van der Waals surface area contributed by atoms with Gasteiger partial charge in [0.15, 0.2) is 11.5 Å². The number of ether oxygens (including phenoxy) is 2. The molecule has 2 aromatic rings. The summed E-state index contributed by atoms with van der Waals surface area (Å²) < 4.78 is 38.8. The third-order valence-electron chi connectivity index (χ3n) is 7.44. The van der Waals surface area contributed by atoms with E-state index in [9.17, 15) is 8.42 Å². The largest absolute Gasteiger partial charge is 0.493 e. The number of hydrogen-bond donors (Lipinski definition) is 1. The molecule has 30 heavy (non-hydrogen) atoms. The highest BCUT2D eigenvalue weighted by Crippen LogP contribution is 2.59. The van der Waals surface area contributed by atoms with Crippen molar-refractivity contribution in [2.24, 2.45) is 23.7 Å². The van der Waals surface area contributed by atoms with Crippen LogP contribution in [-0.4, -0.2) is 22.6 Å². The number of anilines is 1. The van der Waals surface area contributed by atoms with Crippen molar-refractivity contribution in [2.45, 2.75) is 42.9 Å². The first-order valence-corrected chi connectivity index (χ1v) is 12.3. The van der Waals surface area contributed by atoms with Gasteiger partial charge in [-0.2, -0.15) is 0 Å². The van der Waals surface area contributed by atoms with Crippen LogP contribution in [-0.2, 0) is 10.0 Å². The van der Waals surface area contributed by atoms with E-state index in [0.29, 0.717) is 23.1 Å². The van der Waals surface area contributed by atoms with Gasteiger partial charge >= 0.3 is 0 Å². The summed E-state index contributed by atoms with van der Waals surface area (Å²) >= 11 is 0. The van der Waals surface area contributed by atoms with Crippen molar-refractivity contribution in [1.82, 2.24) is 0 Å². The molecule has 160 valence electrons.